The van der Waals surface area contributed by atoms with Crippen molar-refractivity contribution in [1.29, 1.82) is 0 Å². The lowest BCUT2D eigenvalue weighted by molar-refractivity contribution is -0.137. The van der Waals surface area contributed by atoms with E-state index < -0.39 is 12.0 Å². The molecule has 0 aromatic heterocycles. The first-order valence-electron chi connectivity index (χ1n) is 6.32. The Bertz CT molecular complexity index is 443. The molecule has 1 aromatic carbocycles. The molecule has 0 aliphatic heterocycles. The summed E-state index contributed by atoms with van der Waals surface area (Å²) in [6, 6.07) is 6.00. The van der Waals surface area contributed by atoms with Crippen LogP contribution >= 0.6 is 0 Å². The zero-order chi connectivity index (χ0) is 15.0. The summed E-state index contributed by atoms with van der Waals surface area (Å²) in [5, 5.41) is 20.4. The number of ether oxygens (including phenoxy) is 1. The number of carbonyl (C=O) groups is 2. The highest BCUT2D eigenvalue weighted by atomic mass is 16.5. The van der Waals surface area contributed by atoms with Crippen LogP contribution in [0.25, 0.3) is 0 Å². The summed E-state index contributed by atoms with van der Waals surface area (Å²) in [7, 11) is 1.54. The third-order valence-electron chi connectivity index (χ3n) is 2.84. The van der Waals surface area contributed by atoms with Crippen LogP contribution in [0.15, 0.2) is 24.3 Å². The third-order valence-corrected chi connectivity index (χ3v) is 2.84. The van der Waals surface area contributed by atoms with Gasteiger partial charge in [-0.2, -0.15) is 0 Å². The molecular weight excluding hydrogens is 262 g/mol. The fourth-order valence-electron chi connectivity index (χ4n) is 1.79. The standard InChI is InChI=1S/C14H19NO5/c1-20-11-4-2-10(3-5-11)14(19)12(15-8-9-16)6-7-13(17)18/h2-5,12,15-16H,6-9H2,1H3,(H,17,18). The molecule has 0 amide bonds. The summed E-state index contributed by atoms with van der Waals surface area (Å²) >= 11 is 0. The number of rotatable bonds is 9. The molecule has 6 nitrogen and oxygen atoms in total. The van der Waals surface area contributed by atoms with E-state index in [0.717, 1.165) is 0 Å². The van der Waals surface area contributed by atoms with Crippen LogP contribution in [0.5, 0.6) is 5.75 Å². The van der Waals surface area contributed by atoms with Crippen LogP contribution in [0.4, 0.5) is 0 Å². The van der Waals surface area contributed by atoms with Crippen LogP contribution < -0.4 is 10.1 Å². The lowest BCUT2D eigenvalue weighted by atomic mass is 10.00. The summed E-state index contributed by atoms with van der Waals surface area (Å²) in [4.78, 5) is 22.9. The zero-order valence-corrected chi connectivity index (χ0v) is 11.3. The van der Waals surface area contributed by atoms with Crippen molar-refractivity contribution in [2.24, 2.45) is 0 Å². The second-order valence-electron chi connectivity index (χ2n) is 4.26. The van der Waals surface area contributed by atoms with Crippen LogP contribution in [0.1, 0.15) is 23.2 Å². The molecule has 0 aliphatic rings. The monoisotopic (exact) mass is 281 g/mol. The summed E-state index contributed by atoms with van der Waals surface area (Å²) in [6.07, 6.45) is 0.0746. The van der Waals surface area contributed by atoms with Gasteiger partial charge in [0, 0.05) is 18.5 Å². The van der Waals surface area contributed by atoms with Crippen molar-refractivity contribution in [3.05, 3.63) is 29.8 Å². The smallest absolute Gasteiger partial charge is 0.303 e. The predicted octanol–water partition coefficient (Wildman–Crippen LogP) is 0.693. The highest BCUT2D eigenvalue weighted by Gasteiger charge is 2.20. The lowest BCUT2D eigenvalue weighted by Crippen LogP contribution is -2.38. The summed E-state index contributed by atoms with van der Waals surface area (Å²) < 4.78 is 5.02. The predicted molar refractivity (Wildman–Crippen MR) is 73.1 cm³/mol. The Kier molecular flexibility index (Phi) is 6.69. The Morgan fingerprint density at radius 1 is 1.30 bits per heavy atom. The van der Waals surface area contributed by atoms with Gasteiger partial charge in [0.15, 0.2) is 5.78 Å². The van der Waals surface area contributed by atoms with Crippen molar-refractivity contribution >= 4 is 11.8 Å². The van der Waals surface area contributed by atoms with Crippen molar-refractivity contribution in [3.8, 4) is 5.75 Å². The van der Waals surface area contributed by atoms with Gasteiger partial charge in [-0.05, 0) is 30.7 Å². The molecule has 1 unspecified atom stereocenters. The van der Waals surface area contributed by atoms with Crippen molar-refractivity contribution in [3.63, 3.8) is 0 Å². The van der Waals surface area contributed by atoms with Crippen LogP contribution in [-0.2, 0) is 4.79 Å². The average molecular weight is 281 g/mol. The fraction of sp³-hybridized carbons (Fsp3) is 0.429. The van der Waals surface area contributed by atoms with Gasteiger partial charge in [0.05, 0.1) is 19.8 Å². The van der Waals surface area contributed by atoms with E-state index in [1.54, 1.807) is 24.3 Å². The van der Waals surface area contributed by atoms with Crippen molar-refractivity contribution < 1.29 is 24.5 Å². The number of aliphatic carboxylic acids is 1. The minimum atomic E-state index is -0.955. The van der Waals surface area contributed by atoms with Gasteiger partial charge in [-0.3, -0.25) is 9.59 Å². The van der Waals surface area contributed by atoms with Gasteiger partial charge in [-0.1, -0.05) is 0 Å². The van der Waals surface area contributed by atoms with Gasteiger partial charge in [0.25, 0.3) is 0 Å². The number of carbonyl (C=O) groups excluding carboxylic acids is 1. The molecule has 0 heterocycles. The Morgan fingerprint density at radius 3 is 2.45 bits per heavy atom. The first kappa shape index (κ1) is 16.1. The molecule has 0 saturated heterocycles. The largest absolute Gasteiger partial charge is 0.497 e. The van der Waals surface area contributed by atoms with E-state index in [2.05, 4.69) is 5.32 Å². The Labute approximate surface area is 117 Å². The van der Waals surface area contributed by atoms with Gasteiger partial charge in [0.2, 0.25) is 0 Å². The summed E-state index contributed by atoms with van der Waals surface area (Å²) in [5.41, 5.74) is 0.478. The maximum atomic E-state index is 12.3. The van der Waals surface area contributed by atoms with Crippen LogP contribution in [0.2, 0.25) is 0 Å². The maximum Gasteiger partial charge on any atom is 0.303 e. The van der Waals surface area contributed by atoms with Gasteiger partial charge < -0.3 is 20.3 Å². The molecule has 1 atom stereocenters. The molecule has 1 rings (SSSR count). The number of benzene rings is 1. The Hall–Kier alpha value is -1.92. The van der Waals surface area contributed by atoms with Gasteiger partial charge in [0.1, 0.15) is 5.75 Å². The van der Waals surface area contributed by atoms with Gasteiger partial charge >= 0.3 is 5.97 Å². The normalized spacial score (nSPS) is 11.9. The van der Waals surface area contributed by atoms with Gasteiger partial charge in [-0.15, -0.1) is 0 Å². The second-order valence-corrected chi connectivity index (χ2v) is 4.26. The highest BCUT2D eigenvalue weighted by molar-refractivity contribution is 6.00. The molecule has 110 valence electrons. The topological polar surface area (TPSA) is 95.9 Å². The molecule has 0 aliphatic carbocycles. The van der Waals surface area contributed by atoms with E-state index in [9.17, 15) is 9.59 Å². The molecule has 0 spiro atoms. The molecule has 0 bridgehead atoms. The van der Waals surface area contributed by atoms with Crippen LogP contribution in [0.3, 0.4) is 0 Å². The summed E-state index contributed by atoms with van der Waals surface area (Å²) in [6.45, 7) is 0.131. The maximum absolute atomic E-state index is 12.3. The average Bonchev–Trinajstić information content (AvgIpc) is 2.46. The van der Waals surface area contributed by atoms with Crippen molar-refractivity contribution in [2.45, 2.75) is 18.9 Å². The minimum Gasteiger partial charge on any atom is -0.497 e. The SMILES string of the molecule is COc1ccc(C(=O)C(CCC(=O)O)NCCO)cc1. The molecule has 0 fully saturated rings. The molecule has 1 aromatic rings. The quantitative estimate of drug-likeness (QED) is 0.576. The van der Waals surface area contributed by atoms with E-state index >= 15 is 0 Å². The number of hydrogen-bond donors (Lipinski definition) is 3. The number of carboxylic acid groups (broad SMARTS) is 1. The Balaban J connectivity index is 2.76. The molecule has 0 saturated carbocycles. The van der Waals surface area contributed by atoms with E-state index in [1.807, 2.05) is 0 Å². The van der Waals surface area contributed by atoms with Crippen LogP contribution in [-0.4, -0.2) is 48.3 Å². The van der Waals surface area contributed by atoms with Crippen molar-refractivity contribution in [1.82, 2.24) is 5.32 Å². The number of aliphatic hydroxyl groups excluding tert-OH is 1. The molecule has 3 N–H and O–H groups in total. The van der Waals surface area contributed by atoms with E-state index in [-0.39, 0.29) is 31.8 Å². The highest BCUT2D eigenvalue weighted by Crippen LogP contribution is 2.14. The minimum absolute atomic E-state index is 0.106. The zero-order valence-electron chi connectivity index (χ0n) is 11.3. The number of hydrogen-bond acceptors (Lipinski definition) is 5. The Morgan fingerprint density at radius 2 is 1.95 bits per heavy atom. The van der Waals surface area contributed by atoms with E-state index in [1.165, 1.54) is 7.11 Å². The second kappa shape index (κ2) is 8.29. The number of ketones is 1. The summed E-state index contributed by atoms with van der Waals surface area (Å²) in [5.74, 6) is -0.502. The first-order valence-corrected chi connectivity index (χ1v) is 6.32. The molecular formula is C14H19NO5. The van der Waals surface area contributed by atoms with E-state index in [4.69, 9.17) is 14.9 Å². The number of methoxy groups -OCH3 is 1. The number of Topliss-reactive ketones (excluding diaryl/α,β-unsaturated/α-hetero) is 1. The molecule has 6 heteroatoms. The van der Waals surface area contributed by atoms with Crippen molar-refractivity contribution in [2.75, 3.05) is 20.3 Å². The number of nitrogens with one attached hydrogen (secondary N) is 1. The van der Waals surface area contributed by atoms with E-state index in [0.29, 0.717) is 11.3 Å². The third kappa shape index (κ3) is 4.99. The number of aliphatic hydroxyl groups is 1. The lowest BCUT2D eigenvalue weighted by Gasteiger charge is -2.16. The first-order chi connectivity index (χ1) is 9.58. The fourth-order valence-corrected chi connectivity index (χ4v) is 1.79. The van der Waals surface area contributed by atoms with Gasteiger partial charge in [-0.25, -0.2) is 0 Å². The molecule has 0 radical (unpaired) electrons. The van der Waals surface area contributed by atoms with Crippen LogP contribution in [0, 0.1) is 0 Å². The molecule has 20 heavy (non-hydrogen) atoms. The number of carboxylic acids is 1.